The Morgan fingerprint density at radius 3 is 2.88 bits per heavy atom. The minimum atomic E-state index is -0.437. The van der Waals surface area contributed by atoms with Crippen LogP contribution >= 0.6 is 0 Å². The minimum Gasteiger partial charge on any atom is -0.497 e. The maximum Gasteiger partial charge on any atom is 0.329 e. The molecule has 0 atom stereocenters. The van der Waals surface area contributed by atoms with Crippen LogP contribution in [-0.4, -0.2) is 16.7 Å². The van der Waals surface area contributed by atoms with E-state index in [2.05, 4.69) is 11.6 Å². The molecule has 2 rings (SSSR count). The zero-order chi connectivity index (χ0) is 12.4. The number of aromatic nitrogens is 2. The number of benzene rings is 1. The van der Waals surface area contributed by atoms with Crippen LogP contribution in [0.2, 0.25) is 0 Å². The fraction of sp³-hybridized carbons (Fsp3) is 0.167. The zero-order valence-corrected chi connectivity index (χ0v) is 9.40. The van der Waals surface area contributed by atoms with Gasteiger partial charge in [0.2, 0.25) is 0 Å². The Morgan fingerprint density at radius 2 is 2.24 bits per heavy atom. The topological polar surface area (TPSA) is 64.1 Å². The van der Waals surface area contributed by atoms with Gasteiger partial charge in [0, 0.05) is 6.54 Å². The second-order valence-electron chi connectivity index (χ2n) is 3.55. The summed E-state index contributed by atoms with van der Waals surface area (Å²) in [7, 11) is 1.52. The van der Waals surface area contributed by atoms with Crippen LogP contribution in [0.15, 0.2) is 40.4 Å². The summed E-state index contributed by atoms with van der Waals surface area (Å²) in [6, 6.07) is 4.94. The molecule has 0 aliphatic rings. The number of nitrogens with zero attached hydrogens (tertiary/aromatic N) is 1. The van der Waals surface area contributed by atoms with E-state index in [1.54, 1.807) is 18.2 Å². The molecule has 88 valence electrons. The van der Waals surface area contributed by atoms with Gasteiger partial charge in [0.05, 0.1) is 18.0 Å². The van der Waals surface area contributed by atoms with Gasteiger partial charge in [0.15, 0.2) is 0 Å². The number of allylic oxidation sites excluding steroid dienone is 1. The molecule has 0 radical (unpaired) electrons. The van der Waals surface area contributed by atoms with Crippen molar-refractivity contribution in [2.75, 3.05) is 7.11 Å². The van der Waals surface area contributed by atoms with Crippen molar-refractivity contribution in [2.45, 2.75) is 6.54 Å². The van der Waals surface area contributed by atoms with Crippen LogP contribution in [0, 0.1) is 0 Å². The van der Waals surface area contributed by atoms with Gasteiger partial charge in [-0.1, -0.05) is 6.08 Å². The third-order valence-electron chi connectivity index (χ3n) is 2.50. The Kier molecular flexibility index (Phi) is 2.82. The van der Waals surface area contributed by atoms with Gasteiger partial charge in [-0.25, -0.2) is 4.79 Å². The van der Waals surface area contributed by atoms with Gasteiger partial charge in [-0.2, -0.15) is 0 Å². The fourth-order valence-corrected chi connectivity index (χ4v) is 1.65. The molecule has 0 saturated heterocycles. The van der Waals surface area contributed by atoms with Crippen molar-refractivity contribution in [1.29, 1.82) is 0 Å². The summed E-state index contributed by atoms with van der Waals surface area (Å²) in [4.78, 5) is 26.3. The largest absolute Gasteiger partial charge is 0.497 e. The van der Waals surface area contributed by atoms with E-state index in [1.165, 1.54) is 13.2 Å². The first-order chi connectivity index (χ1) is 8.17. The van der Waals surface area contributed by atoms with E-state index in [0.717, 1.165) is 4.57 Å². The number of ether oxygens (including phenoxy) is 1. The molecule has 1 aromatic carbocycles. The first-order valence-electron chi connectivity index (χ1n) is 5.09. The van der Waals surface area contributed by atoms with Crippen LogP contribution in [-0.2, 0) is 6.54 Å². The van der Waals surface area contributed by atoms with Gasteiger partial charge >= 0.3 is 5.69 Å². The molecule has 1 aromatic heterocycles. The smallest absolute Gasteiger partial charge is 0.329 e. The van der Waals surface area contributed by atoms with Crippen molar-refractivity contribution in [3.8, 4) is 5.75 Å². The number of aromatic amines is 1. The zero-order valence-electron chi connectivity index (χ0n) is 9.40. The predicted octanol–water partition coefficient (Wildman–Crippen LogP) is 0.884. The number of methoxy groups -OCH3 is 1. The van der Waals surface area contributed by atoms with Crippen LogP contribution in [0.3, 0.4) is 0 Å². The lowest BCUT2D eigenvalue weighted by atomic mass is 10.2. The van der Waals surface area contributed by atoms with Crippen molar-refractivity contribution >= 4 is 10.9 Å². The molecule has 0 bridgehead atoms. The Balaban J connectivity index is 2.83. The van der Waals surface area contributed by atoms with Crippen molar-refractivity contribution in [3.05, 3.63) is 51.7 Å². The molecule has 0 aliphatic heterocycles. The lowest BCUT2D eigenvalue weighted by Gasteiger charge is -2.05. The first-order valence-corrected chi connectivity index (χ1v) is 5.09. The molecule has 17 heavy (non-hydrogen) atoms. The van der Waals surface area contributed by atoms with E-state index in [4.69, 9.17) is 4.74 Å². The molecule has 0 spiro atoms. The van der Waals surface area contributed by atoms with E-state index in [-0.39, 0.29) is 12.1 Å². The Morgan fingerprint density at radius 1 is 1.47 bits per heavy atom. The summed E-state index contributed by atoms with van der Waals surface area (Å²) < 4.78 is 6.14. The first kappa shape index (κ1) is 11.2. The Bertz CT molecular complexity index is 682. The van der Waals surface area contributed by atoms with Gasteiger partial charge in [0.1, 0.15) is 5.75 Å². The van der Waals surface area contributed by atoms with Crippen LogP contribution in [0.1, 0.15) is 0 Å². The molecule has 2 aromatic rings. The number of hydrogen-bond donors (Lipinski definition) is 1. The van der Waals surface area contributed by atoms with Crippen LogP contribution in [0.4, 0.5) is 0 Å². The minimum absolute atomic E-state index is 0.182. The Labute approximate surface area is 97.0 Å². The maximum absolute atomic E-state index is 12.0. The normalized spacial score (nSPS) is 10.4. The van der Waals surface area contributed by atoms with Crippen molar-refractivity contribution in [2.24, 2.45) is 0 Å². The predicted molar refractivity (Wildman–Crippen MR) is 65.6 cm³/mol. The monoisotopic (exact) mass is 232 g/mol. The van der Waals surface area contributed by atoms with Crippen molar-refractivity contribution in [3.63, 3.8) is 0 Å². The molecule has 0 saturated carbocycles. The van der Waals surface area contributed by atoms with Crippen LogP contribution in [0.5, 0.6) is 5.75 Å². The summed E-state index contributed by atoms with van der Waals surface area (Å²) in [5, 5.41) is 0.422. The quantitative estimate of drug-likeness (QED) is 0.799. The van der Waals surface area contributed by atoms with Crippen molar-refractivity contribution < 1.29 is 4.74 Å². The average Bonchev–Trinajstić information content (AvgIpc) is 2.34. The van der Waals surface area contributed by atoms with Crippen LogP contribution < -0.4 is 16.0 Å². The van der Waals surface area contributed by atoms with E-state index < -0.39 is 5.69 Å². The molecule has 1 N–H and O–H groups in total. The molecule has 0 fully saturated rings. The van der Waals surface area contributed by atoms with Gasteiger partial charge < -0.3 is 9.72 Å². The van der Waals surface area contributed by atoms with E-state index >= 15 is 0 Å². The molecule has 5 heteroatoms. The Hall–Kier alpha value is -2.30. The van der Waals surface area contributed by atoms with Gasteiger partial charge in [-0.3, -0.25) is 9.36 Å². The summed E-state index contributed by atoms with van der Waals surface area (Å²) in [5.41, 5.74) is -0.281. The maximum atomic E-state index is 12.0. The molecule has 5 nitrogen and oxygen atoms in total. The highest BCUT2D eigenvalue weighted by Gasteiger charge is 2.07. The number of fused-ring (bicyclic) bond motifs is 1. The lowest BCUT2D eigenvalue weighted by Crippen LogP contribution is -2.34. The van der Waals surface area contributed by atoms with E-state index in [1.807, 2.05) is 0 Å². The second kappa shape index (κ2) is 4.29. The highest BCUT2D eigenvalue weighted by Crippen LogP contribution is 2.14. The number of nitrogens with one attached hydrogen (secondary N) is 1. The molecule has 0 unspecified atom stereocenters. The van der Waals surface area contributed by atoms with Crippen molar-refractivity contribution in [1.82, 2.24) is 9.55 Å². The number of H-pyrrole nitrogens is 1. The molecule has 0 aliphatic carbocycles. The standard InChI is InChI=1S/C12H12N2O3/c1-3-6-14-11(15)9-7-8(17-2)4-5-10(9)13-12(14)16/h3-5,7H,1,6H2,2H3,(H,13,16). The van der Waals surface area contributed by atoms with Crippen LogP contribution in [0.25, 0.3) is 10.9 Å². The summed E-state index contributed by atoms with van der Waals surface area (Å²) in [5.74, 6) is 0.576. The molecule has 1 heterocycles. The lowest BCUT2D eigenvalue weighted by molar-refractivity contribution is 0.415. The highest BCUT2D eigenvalue weighted by atomic mass is 16.5. The van der Waals surface area contributed by atoms with Gasteiger partial charge in [0.25, 0.3) is 5.56 Å². The SMILES string of the molecule is C=CCn1c(=O)[nH]c2ccc(OC)cc2c1=O. The summed E-state index contributed by atoms with van der Waals surface area (Å²) in [6.45, 7) is 3.70. The highest BCUT2D eigenvalue weighted by molar-refractivity contribution is 5.78. The molecule has 0 amide bonds. The number of rotatable bonds is 3. The summed E-state index contributed by atoms with van der Waals surface area (Å²) >= 11 is 0. The van der Waals surface area contributed by atoms with E-state index in [0.29, 0.717) is 16.7 Å². The number of hydrogen-bond acceptors (Lipinski definition) is 3. The summed E-state index contributed by atoms with van der Waals surface area (Å²) in [6.07, 6.45) is 1.50. The third kappa shape index (κ3) is 1.87. The third-order valence-corrected chi connectivity index (χ3v) is 2.50. The fourth-order valence-electron chi connectivity index (χ4n) is 1.65. The second-order valence-corrected chi connectivity index (χ2v) is 3.55. The molecular formula is C12H12N2O3. The average molecular weight is 232 g/mol. The van der Waals surface area contributed by atoms with Gasteiger partial charge in [-0.15, -0.1) is 6.58 Å². The van der Waals surface area contributed by atoms with E-state index in [9.17, 15) is 9.59 Å². The van der Waals surface area contributed by atoms with Gasteiger partial charge in [-0.05, 0) is 18.2 Å². The molecular weight excluding hydrogens is 220 g/mol.